The lowest BCUT2D eigenvalue weighted by molar-refractivity contribution is 0.434. The Morgan fingerprint density at radius 2 is 1.82 bits per heavy atom. The number of para-hydroxylation sites is 1. The van der Waals surface area contributed by atoms with E-state index < -0.39 is 0 Å². The number of aryl methyl sites for hydroxylation is 1. The molecule has 6 heteroatoms. The number of rotatable bonds is 4. The van der Waals surface area contributed by atoms with Crippen molar-refractivity contribution < 1.29 is 13.9 Å². The summed E-state index contributed by atoms with van der Waals surface area (Å²) in [7, 11) is 0. The number of hydrogen-bond acceptors (Lipinski definition) is 6. The molecule has 0 aliphatic rings. The summed E-state index contributed by atoms with van der Waals surface area (Å²) in [5.41, 5.74) is 0.395. The molecule has 0 radical (unpaired) electrons. The molecular formula is C22H14N2O4. The second-order valence-electron chi connectivity index (χ2n) is 5.96. The lowest BCUT2D eigenvalue weighted by Gasteiger charge is -2.10. The number of aromatic nitrogens is 1. The van der Waals surface area contributed by atoms with Crippen molar-refractivity contribution >= 4 is 11.0 Å². The lowest BCUT2D eigenvalue weighted by atomic mass is 10.2. The number of fused-ring (bicyclic) bond motifs is 1. The monoisotopic (exact) mass is 370 g/mol. The predicted molar refractivity (Wildman–Crippen MR) is 103 cm³/mol. The molecule has 28 heavy (non-hydrogen) atoms. The van der Waals surface area contributed by atoms with Crippen molar-refractivity contribution in [1.82, 2.24) is 4.98 Å². The van der Waals surface area contributed by atoms with Crippen LogP contribution in [0.15, 0.2) is 76.1 Å². The zero-order valence-corrected chi connectivity index (χ0v) is 14.9. The molecule has 0 bridgehead atoms. The van der Waals surface area contributed by atoms with Gasteiger partial charge in [-0.05, 0) is 43.3 Å². The molecule has 0 N–H and O–H groups in total. The molecule has 0 amide bonds. The van der Waals surface area contributed by atoms with Gasteiger partial charge >= 0.3 is 0 Å². The molecular weight excluding hydrogens is 356 g/mol. The second-order valence-corrected chi connectivity index (χ2v) is 5.96. The summed E-state index contributed by atoms with van der Waals surface area (Å²) < 4.78 is 17.2. The van der Waals surface area contributed by atoms with Gasteiger partial charge in [0.05, 0.1) is 5.39 Å². The first kappa shape index (κ1) is 17.3. The largest absolute Gasteiger partial charge is 0.457 e. The van der Waals surface area contributed by atoms with Crippen LogP contribution in [0.1, 0.15) is 11.3 Å². The maximum absolute atomic E-state index is 12.8. The SMILES string of the molecule is Cc1oc2cc(Oc3ncccc3C#N)ccc2c(=O)c1Oc1ccccc1. The third-order valence-corrected chi connectivity index (χ3v) is 4.06. The van der Waals surface area contributed by atoms with Crippen molar-refractivity contribution in [2.75, 3.05) is 0 Å². The predicted octanol–water partition coefficient (Wildman–Crippen LogP) is 4.95. The third-order valence-electron chi connectivity index (χ3n) is 4.06. The molecule has 2 aromatic heterocycles. The van der Waals surface area contributed by atoms with Gasteiger partial charge in [0.25, 0.3) is 0 Å². The van der Waals surface area contributed by atoms with Gasteiger partial charge in [0.2, 0.25) is 17.1 Å². The Morgan fingerprint density at radius 1 is 1.00 bits per heavy atom. The van der Waals surface area contributed by atoms with E-state index in [9.17, 15) is 4.79 Å². The fraction of sp³-hybridized carbons (Fsp3) is 0.0455. The minimum absolute atomic E-state index is 0.142. The topological polar surface area (TPSA) is 85.4 Å². The Balaban J connectivity index is 1.72. The highest BCUT2D eigenvalue weighted by molar-refractivity contribution is 5.79. The van der Waals surface area contributed by atoms with Gasteiger partial charge in [0.15, 0.2) is 0 Å². The quantitative estimate of drug-likeness (QED) is 0.505. The molecule has 2 heterocycles. The van der Waals surface area contributed by atoms with Gasteiger partial charge in [-0.2, -0.15) is 5.26 Å². The van der Waals surface area contributed by atoms with Gasteiger partial charge in [0.1, 0.15) is 34.5 Å². The lowest BCUT2D eigenvalue weighted by Crippen LogP contribution is -2.07. The van der Waals surface area contributed by atoms with E-state index in [0.717, 1.165) is 0 Å². The van der Waals surface area contributed by atoms with Crippen LogP contribution in [-0.4, -0.2) is 4.98 Å². The maximum Gasteiger partial charge on any atom is 0.237 e. The Labute approximate surface area is 160 Å². The van der Waals surface area contributed by atoms with Crippen molar-refractivity contribution in [3.63, 3.8) is 0 Å². The van der Waals surface area contributed by atoms with Crippen LogP contribution in [0.25, 0.3) is 11.0 Å². The Morgan fingerprint density at radius 3 is 2.61 bits per heavy atom. The molecule has 0 unspecified atom stereocenters. The summed E-state index contributed by atoms with van der Waals surface area (Å²) in [6.07, 6.45) is 1.54. The van der Waals surface area contributed by atoms with Crippen LogP contribution in [-0.2, 0) is 0 Å². The average molecular weight is 370 g/mol. The van der Waals surface area contributed by atoms with Gasteiger partial charge in [0, 0.05) is 12.3 Å². The average Bonchev–Trinajstić information content (AvgIpc) is 2.72. The summed E-state index contributed by atoms with van der Waals surface area (Å²) in [4.78, 5) is 16.9. The van der Waals surface area contributed by atoms with Crippen molar-refractivity contribution in [2.24, 2.45) is 0 Å². The third kappa shape index (κ3) is 3.29. The van der Waals surface area contributed by atoms with E-state index in [4.69, 9.17) is 19.2 Å². The first-order chi connectivity index (χ1) is 13.7. The van der Waals surface area contributed by atoms with Crippen LogP contribution >= 0.6 is 0 Å². The van der Waals surface area contributed by atoms with Gasteiger partial charge < -0.3 is 13.9 Å². The van der Waals surface area contributed by atoms with E-state index in [-0.39, 0.29) is 17.1 Å². The van der Waals surface area contributed by atoms with E-state index in [1.807, 2.05) is 24.3 Å². The van der Waals surface area contributed by atoms with Gasteiger partial charge in [-0.1, -0.05) is 18.2 Å². The number of pyridine rings is 1. The van der Waals surface area contributed by atoms with Crippen LogP contribution in [0.5, 0.6) is 23.1 Å². The van der Waals surface area contributed by atoms with Crippen molar-refractivity contribution in [1.29, 1.82) is 5.26 Å². The smallest absolute Gasteiger partial charge is 0.237 e. The molecule has 0 atom stereocenters. The molecule has 0 spiro atoms. The summed E-state index contributed by atoms with van der Waals surface area (Å²) in [5, 5.41) is 9.52. The van der Waals surface area contributed by atoms with E-state index in [0.29, 0.717) is 33.8 Å². The first-order valence-corrected chi connectivity index (χ1v) is 8.49. The normalized spacial score (nSPS) is 10.4. The second kappa shape index (κ2) is 7.25. The molecule has 6 nitrogen and oxygen atoms in total. The minimum Gasteiger partial charge on any atom is -0.457 e. The van der Waals surface area contributed by atoms with Crippen molar-refractivity contribution in [3.05, 3.63) is 88.4 Å². The van der Waals surface area contributed by atoms with Gasteiger partial charge in [-0.3, -0.25) is 4.79 Å². The Bertz CT molecular complexity index is 1260. The van der Waals surface area contributed by atoms with Crippen LogP contribution in [0.3, 0.4) is 0 Å². The van der Waals surface area contributed by atoms with Crippen molar-refractivity contribution in [2.45, 2.75) is 6.92 Å². The Kier molecular flexibility index (Phi) is 4.48. The van der Waals surface area contributed by atoms with Crippen LogP contribution < -0.4 is 14.9 Å². The zero-order valence-electron chi connectivity index (χ0n) is 14.9. The van der Waals surface area contributed by atoms with E-state index in [2.05, 4.69) is 4.98 Å². The minimum atomic E-state index is -0.273. The number of nitriles is 1. The summed E-state index contributed by atoms with van der Waals surface area (Å²) in [5.74, 6) is 1.64. The molecule has 0 aliphatic carbocycles. The highest BCUT2D eigenvalue weighted by Crippen LogP contribution is 2.29. The number of nitrogens with zero attached hydrogens (tertiary/aromatic N) is 2. The number of benzene rings is 2. The first-order valence-electron chi connectivity index (χ1n) is 8.49. The van der Waals surface area contributed by atoms with E-state index >= 15 is 0 Å². The van der Waals surface area contributed by atoms with Crippen molar-refractivity contribution in [3.8, 4) is 29.2 Å². The summed E-state index contributed by atoms with van der Waals surface area (Å²) >= 11 is 0. The molecule has 0 saturated carbocycles. The zero-order chi connectivity index (χ0) is 19.5. The van der Waals surface area contributed by atoms with Gasteiger partial charge in [-0.15, -0.1) is 0 Å². The molecule has 136 valence electrons. The van der Waals surface area contributed by atoms with E-state index in [1.54, 1.807) is 49.4 Å². The van der Waals surface area contributed by atoms with Crippen LogP contribution in [0.2, 0.25) is 0 Å². The van der Waals surface area contributed by atoms with Gasteiger partial charge in [-0.25, -0.2) is 4.98 Å². The summed E-state index contributed by atoms with van der Waals surface area (Å²) in [6, 6.07) is 19.1. The highest BCUT2D eigenvalue weighted by Gasteiger charge is 2.15. The maximum atomic E-state index is 12.8. The number of hydrogen-bond donors (Lipinski definition) is 0. The van der Waals surface area contributed by atoms with Crippen LogP contribution in [0.4, 0.5) is 0 Å². The summed E-state index contributed by atoms with van der Waals surface area (Å²) in [6.45, 7) is 1.67. The molecule has 4 aromatic rings. The number of ether oxygens (including phenoxy) is 2. The van der Waals surface area contributed by atoms with Crippen LogP contribution in [0, 0.1) is 18.3 Å². The Hall–Kier alpha value is -4.11. The molecule has 4 rings (SSSR count). The highest BCUT2D eigenvalue weighted by atomic mass is 16.5. The molecule has 2 aromatic carbocycles. The molecule has 0 fully saturated rings. The van der Waals surface area contributed by atoms with E-state index in [1.165, 1.54) is 6.20 Å². The fourth-order valence-corrected chi connectivity index (χ4v) is 2.73. The molecule has 0 saturated heterocycles. The fourth-order valence-electron chi connectivity index (χ4n) is 2.73. The standard InChI is InChI=1S/C22H14N2O4/c1-14-21(27-16-7-3-2-4-8-16)20(25)18-10-9-17(12-19(18)26-14)28-22-15(13-23)6-5-11-24-22/h2-12H,1H3. The molecule has 0 aliphatic heterocycles.